The maximum absolute atomic E-state index is 12.8. The summed E-state index contributed by atoms with van der Waals surface area (Å²) in [5.74, 6) is 0. The van der Waals surface area contributed by atoms with Gasteiger partial charge in [-0.1, -0.05) is 17.7 Å². The first-order chi connectivity index (χ1) is 10.6. The highest BCUT2D eigenvalue weighted by Gasteiger charge is 2.36. The Morgan fingerprint density at radius 2 is 1.26 bits per heavy atom. The zero-order chi connectivity index (χ0) is 17.3. The van der Waals surface area contributed by atoms with E-state index >= 15 is 0 Å². The minimum absolute atomic E-state index is 0.0901. The third-order valence-corrected chi connectivity index (χ3v) is 3.20. The molecule has 0 radical (unpaired) electrons. The molecular formula is C16H13F6N. The summed E-state index contributed by atoms with van der Waals surface area (Å²) in [6.07, 6.45) is -9.67. The molecule has 1 N–H and O–H groups in total. The minimum atomic E-state index is -4.83. The van der Waals surface area contributed by atoms with Gasteiger partial charge in [-0.3, -0.25) is 0 Å². The zero-order valence-corrected chi connectivity index (χ0v) is 12.0. The lowest BCUT2D eigenvalue weighted by molar-refractivity contribution is -0.143. The average molecular weight is 333 g/mol. The molecule has 23 heavy (non-hydrogen) atoms. The van der Waals surface area contributed by atoms with Crippen LogP contribution in [0.1, 0.15) is 22.3 Å². The van der Waals surface area contributed by atoms with Crippen LogP contribution in [0.15, 0.2) is 42.5 Å². The van der Waals surface area contributed by atoms with E-state index < -0.39 is 23.5 Å². The highest BCUT2D eigenvalue weighted by molar-refractivity contribution is 5.45. The van der Waals surface area contributed by atoms with Gasteiger partial charge in [-0.25, -0.2) is 0 Å². The molecule has 2 rings (SSSR count). The molecule has 2 aromatic rings. The summed E-state index contributed by atoms with van der Waals surface area (Å²) in [6, 6.07) is 8.54. The fourth-order valence-corrected chi connectivity index (χ4v) is 2.00. The first kappa shape index (κ1) is 17.2. The maximum atomic E-state index is 12.8. The maximum Gasteiger partial charge on any atom is 0.416 e. The van der Waals surface area contributed by atoms with E-state index in [1.807, 2.05) is 6.92 Å². The molecule has 0 aliphatic carbocycles. The number of aryl methyl sites for hydroxylation is 1. The third kappa shape index (κ3) is 4.64. The highest BCUT2D eigenvalue weighted by Crippen LogP contribution is 2.36. The van der Waals surface area contributed by atoms with Crippen molar-refractivity contribution in [2.24, 2.45) is 0 Å². The predicted octanol–water partition coefficient (Wildman–Crippen LogP) is 5.64. The van der Waals surface area contributed by atoms with E-state index in [4.69, 9.17) is 0 Å². The fraction of sp³-hybridized carbons (Fsp3) is 0.250. The van der Waals surface area contributed by atoms with Crippen LogP contribution in [-0.2, 0) is 18.9 Å². The average Bonchev–Trinajstić information content (AvgIpc) is 2.44. The van der Waals surface area contributed by atoms with Gasteiger partial charge >= 0.3 is 12.4 Å². The monoisotopic (exact) mass is 333 g/mol. The molecule has 0 atom stereocenters. The Morgan fingerprint density at radius 3 is 1.70 bits per heavy atom. The van der Waals surface area contributed by atoms with E-state index in [0.29, 0.717) is 5.69 Å². The quantitative estimate of drug-likeness (QED) is 0.716. The molecule has 1 nitrogen and oxygen atoms in total. The van der Waals surface area contributed by atoms with Crippen LogP contribution in [0.5, 0.6) is 0 Å². The molecule has 0 fully saturated rings. The van der Waals surface area contributed by atoms with Crippen molar-refractivity contribution >= 4 is 5.69 Å². The first-order valence-corrected chi connectivity index (χ1v) is 6.64. The van der Waals surface area contributed by atoms with Crippen LogP contribution in [-0.4, -0.2) is 0 Å². The number of anilines is 1. The molecule has 2 aromatic carbocycles. The molecule has 0 amide bonds. The van der Waals surface area contributed by atoms with E-state index in [1.165, 1.54) is 0 Å². The molecule has 0 aliphatic rings. The molecule has 0 spiro atoms. The first-order valence-electron chi connectivity index (χ1n) is 6.64. The van der Waals surface area contributed by atoms with Crippen LogP contribution in [0.25, 0.3) is 0 Å². The van der Waals surface area contributed by atoms with Crippen molar-refractivity contribution in [2.75, 3.05) is 5.32 Å². The van der Waals surface area contributed by atoms with E-state index in [0.717, 1.165) is 17.7 Å². The highest BCUT2D eigenvalue weighted by atomic mass is 19.4. The number of rotatable bonds is 3. The Balaban J connectivity index is 2.28. The summed E-state index contributed by atoms with van der Waals surface area (Å²) in [7, 11) is 0. The number of benzene rings is 2. The van der Waals surface area contributed by atoms with E-state index in [9.17, 15) is 26.3 Å². The van der Waals surface area contributed by atoms with Crippen LogP contribution in [0.2, 0.25) is 0 Å². The Labute approximate surface area is 128 Å². The molecule has 0 aromatic heterocycles. The summed E-state index contributed by atoms with van der Waals surface area (Å²) in [6.45, 7) is 1.72. The second-order valence-electron chi connectivity index (χ2n) is 5.13. The van der Waals surface area contributed by atoms with Gasteiger partial charge in [-0.15, -0.1) is 0 Å². The molecule has 0 heterocycles. The van der Waals surface area contributed by atoms with E-state index in [1.54, 1.807) is 24.3 Å². The number of alkyl halides is 6. The molecule has 0 aliphatic heterocycles. The van der Waals surface area contributed by atoms with Gasteiger partial charge in [0.15, 0.2) is 0 Å². The van der Waals surface area contributed by atoms with Crippen LogP contribution in [0.3, 0.4) is 0 Å². The molecule has 124 valence electrons. The van der Waals surface area contributed by atoms with Gasteiger partial charge in [-0.2, -0.15) is 26.3 Å². The van der Waals surface area contributed by atoms with Gasteiger partial charge in [0.1, 0.15) is 0 Å². The van der Waals surface area contributed by atoms with Crippen molar-refractivity contribution in [1.29, 1.82) is 0 Å². The Kier molecular flexibility index (Phi) is 4.58. The van der Waals surface area contributed by atoms with Crippen LogP contribution in [0, 0.1) is 6.92 Å². The van der Waals surface area contributed by atoms with Crippen molar-refractivity contribution < 1.29 is 26.3 Å². The minimum Gasteiger partial charge on any atom is -0.381 e. The lowest BCUT2D eigenvalue weighted by atomic mass is 10.0. The molecule has 0 saturated heterocycles. The predicted molar refractivity (Wildman–Crippen MR) is 75.0 cm³/mol. The second kappa shape index (κ2) is 6.14. The summed E-state index contributed by atoms with van der Waals surface area (Å²) in [5.41, 5.74) is -1.11. The normalized spacial score (nSPS) is 12.3. The molecular weight excluding hydrogens is 320 g/mol. The second-order valence-corrected chi connectivity index (χ2v) is 5.13. The third-order valence-electron chi connectivity index (χ3n) is 3.20. The SMILES string of the molecule is Cc1ccc(NCc2cc(C(F)(F)F)cc(C(F)(F)F)c2)cc1. The number of hydrogen-bond acceptors (Lipinski definition) is 1. The number of nitrogens with one attached hydrogen (secondary N) is 1. The van der Waals surface area contributed by atoms with Gasteiger partial charge in [0.25, 0.3) is 0 Å². The molecule has 0 bridgehead atoms. The topological polar surface area (TPSA) is 12.0 Å². The van der Waals surface area contributed by atoms with E-state index in [2.05, 4.69) is 5.32 Å². The van der Waals surface area contributed by atoms with Gasteiger partial charge in [0.2, 0.25) is 0 Å². The Bertz CT molecular complexity index is 638. The van der Waals surface area contributed by atoms with Gasteiger partial charge in [0, 0.05) is 12.2 Å². The smallest absolute Gasteiger partial charge is 0.381 e. The summed E-state index contributed by atoms with van der Waals surface area (Å²) >= 11 is 0. The largest absolute Gasteiger partial charge is 0.416 e. The van der Waals surface area contributed by atoms with Gasteiger partial charge in [-0.05, 0) is 42.8 Å². The summed E-state index contributed by atoms with van der Waals surface area (Å²) in [4.78, 5) is 0. The van der Waals surface area contributed by atoms with Crippen LogP contribution < -0.4 is 5.32 Å². The van der Waals surface area contributed by atoms with Crippen LogP contribution >= 0.6 is 0 Å². The molecule has 0 saturated carbocycles. The Hall–Kier alpha value is -2.18. The standard InChI is InChI=1S/C16H13F6N/c1-10-2-4-14(5-3-10)23-9-11-6-12(15(17,18)19)8-13(7-11)16(20,21)22/h2-8,23H,9H2,1H3. The number of hydrogen-bond donors (Lipinski definition) is 1. The van der Waals surface area contributed by atoms with Crippen molar-refractivity contribution in [2.45, 2.75) is 25.8 Å². The number of halogens is 6. The lowest BCUT2D eigenvalue weighted by Gasteiger charge is -2.15. The van der Waals surface area contributed by atoms with Crippen LogP contribution in [0.4, 0.5) is 32.0 Å². The summed E-state index contributed by atoms with van der Waals surface area (Å²) in [5, 5.41) is 2.81. The van der Waals surface area contributed by atoms with Gasteiger partial charge < -0.3 is 5.32 Å². The van der Waals surface area contributed by atoms with Crippen molar-refractivity contribution in [3.8, 4) is 0 Å². The summed E-state index contributed by atoms with van der Waals surface area (Å²) < 4.78 is 76.5. The van der Waals surface area contributed by atoms with Crippen molar-refractivity contribution in [3.63, 3.8) is 0 Å². The van der Waals surface area contributed by atoms with Gasteiger partial charge in [0.05, 0.1) is 11.1 Å². The fourth-order valence-electron chi connectivity index (χ4n) is 2.00. The zero-order valence-electron chi connectivity index (χ0n) is 12.0. The molecule has 7 heteroatoms. The van der Waals surface area contributed by atoms with Crippen molar-refractivity contribution in [3.05, 3.63) is 64.7 Å². The Morgan fingerprint density at radius 1 is 0.783 bits per heavy atom. The van der Waals surface area contributed by atoms with E-state index in [-0.39, 0.29) is 18.2 Å². The van der Waals surface area contributed by atoms with Crippen molar-refractivity contribution in [1.82, 2.24) is 0 Å². The lowest BCUT2D eigenvalue weighted by Crippen LogP contribution is -2.12. The molecule has 0 unspecified atom stereocenters.